The fourth-order valence-electron chi connectivity index (χ4n) is 3.51. The van der Waals surface area contributed by atoms with Gasteiger partial charge in [-0.25, -0.2) is 0 Å². The molecule has 0 spiro atoms. The van der Waals surface area contributed by atoms with Crippen LogP contribution in [0.5, 0.6) is 0 Å². The Kier molecular flexibility index (Phi) is 8.25. The summed E-state index contributed by atoms with van der Waals surface area (Å²) in [6, 6.07) is 9.38. The standard InChI is InChI=1S/C21H32N2O.ClH/c1-17-6-8-18(9-7-17)4-2-3-5-21(24)23-14-12-20(13-15-23)22-16-19-10-11-19;/h6-9,19-20,22H,2-5,10-16H2,1H3;1H. The molecule has 0 unspecified atom stereocenters. The van der Waals surface area contributed by atoms with E-state index in [-0.39, 0.29) is 12.4 Å². The number of nitrogens with one attached hydrogen (secondary N) is 1. The third-order valence-corrected chi connectivity index (χ3v) is 5.47. The third kappa shape index (κ3) is 6.99. The van der Waals surface area contributed by atoms with E-state index in [0.717, 1.165) is 51.1 Å². The number of carbonyl (C=O) groups is 1. The minimum absolute atomic E-state index is 0. The number of unbranched alkanes of at least 4 members (excludes halogenated alkanes) is 1. The molecule has 3 rings (SSSR count). The lowest BCUT2D eigenvalue weighted by atomic mass is 10.0. The smallest absolute Gasteiger partial charge is 0.222 e. The largest absolute Gasteiger partial charge is 0.343 e. The fraction of sp³-hybridized carbons (Fsp3) is 0.667. The van der Waals surface area contributed by atoms with Gasteiger partial charge in [0, 0.05) is 25.6 Å². The molecular weight excluding hydrogens is 332 g/mol. The number of carbonyl (C=O) groups excluding carboxylic acids is 1. The molecule has 3 nitrogen and oxygen atoms in total. The number of benzene rings is 1. The van der Waals surface area contributed by atoms with Crippen LogP contribution in [0.25, 0.3) is 0 Å². The summed E-state index contributed by atoms with van der Waals surface area (Å²) in [7, 11) is 0. The molecule has 0 atom stereocenters. The van der Waals surface area contributed by atoms with Crippen molar-refractivity contribution in [1.82, 2.24) is 10.2 Å². The van der Waals surface area contributed by atoms with Crippen LogP contribution < -0.4 is 5.32 Å². The van der Waals surface area contributed by atoms with E-state index in [1.807, 2.05) is 0 Å². The molecule has 1 aromatic carbocycles. The predicted molar refractivity (Wildman–Crippen MR) is 106 cm³/mol. The van der Waals surface area contributed by atoms with Gasteiger partial charge in [0.05, 0.1) is 0 Å². The maximum atomic E-state index is 12.3. The molecule has 25 heavy (non-hydrogen) atoms. The van der Waals surface area contributed by atoms with Crippen LogP contribution in [-0.2, 0) is 11.2 Å². The Balaban J connectivity index is 0.00000225. The van der Waals surface area contributed by atoms with Crippen molar-refractivity contribution in [3.8, 4) is 0 Å². The fourth-order valence-corrected chi connectivity index (χ4v) is 3.51. The van der Waals surface area contributed by atoms with Crippen LogP contribution in [0.3, 0.4) is 0 Å². The molecule has 1 saturated heterocycles. The topological polar surface area (TPSA) is 32.3 Å². The molecule has 1 aliphatic carbocycles. The Bertz CT molecular complexity index is 519. The van der Waals surface area contributed by atoms with Crippen LogP contribution in [0.2, 0.25) is 0 Å². The van der Waals surface area contributed by atoms with Gasteiger partial charge in [0.15, 0.2) is 0 Å². The van der Waals surface area contributed by atoms with Gasteiger partial charge < -0.3 is 10.2 Å². The van der Waals surface area contributed by atoms with E-state index in [1.165, 1.54) is 30.5 Å². The maximum absolute atomic E-state index is 12.3. The van der Waals surface area contributed by atoms with Gasteiger partial charge in [0.1, 0.15) is 0 Å². The first kappa shape index (κ1) is 20.3. The number of aryl methyl sites for hydroxylation is 2. The molecule has 2 fully saturated rings. The van der Waals surface area contributed by atoms with Gasteiger partial charge in [-0.1, -0.05) is 29.8 Å². The predicted octanol–water partition coefficient (Wildman–Crippen LogP) is 4.12. The highest BCUT2D eigenvalue weighted by molar-refractivity contribution is 5.85. The zero-order valence-corrected chi connectivity index (χ0v) is 16.3. The Morgan fingerprint density at radius 3 is 2.40 bits per heavy atom. The molecule has 1 amide bonds. The first-order chi connectivity index (χ1) is 11.7. The van der Waals surface area contributed by atoms with E-state index >= 15 is 0 Å². The van der Waals surface area contributed by atoms with Gasteiger partial charge in [-0.05, 0) is 69.9 Å². The van der Waals surface area contributed by atoms with Gasteiger partial charge >= 0.3 is 0 Å². The zero-order chi connectivity index (χ0) is 16.8. The highest BCUT2D eigenvalue weighted by atomic mass is 35.5. The Labute approximate surface area is 159 Å². The van der Waals surface area contributed by atoms with E-state index in [9.17, 15) is 4.79 Å². The Morgan fingerprint density at radius 2 is 1.76 bits per heavy atom. The number of rotatable bonds is 8. The molecule has 1 saturated carbocycles. The number of hydrogen-bond acceptors (Lipinski definition) is 2. The van der Waals surface area contributed by atoms with Crippen molar-refractivity contribution >= 4 is 18.3 Å². The van der Waals surface area contributed by atoms with E-state index in [1.54, 1.807) is 0 Å². The highest BCUT2D eigenvalue weighted by Crippen LogP contribution is 2.28. The van der Waals surface area contributed by atoms with Crippen molar-refractivity contribution in [3.63, 3.8) is 0 Å². The third-order valence-electron chi connectivity index (χ3n) is 5.47. The second kappa shape index (κ2) is 10.2. The number of hydrogen-bond donors (Lipinski definition) is 1. The summed E-state index contributed by atoms with van der Waals surface area (Å²) in [6.07, 6.45) is 8.98. The first-order valence-corrected chi connectivity index (χ1v) is 9.77. The molecule has 1 aromatic rings. The van der Waals surface area contributed by atoms with Crippen LogP contribution in [0, 0.1) is 12.8 Å². The number of piperidine rings is 1. The summed E-state index contributed by atoms with van der Waals surface area (Å²) in [5.74, 6) is 1.30. The van der Waals surface area contributed by atoms with Gasteiger partial charge in [0.2, 0.25) is 5.91 Å². The number of nitrogens with zero attached hydrogens (tertiary/aromatic N) is 1. The molecule has 0 bridgehead atoms. The van der Waals surface area contributed by atoms with Crippen LogP contribution in [-0.4, -0.2) is 36.5 Å². The molecule has 0 aromatic heterocycles. The van der Waals surface area contributed by atoms with Crippen molar-refractivity contribution in [2.75, 3.05) is 19.6 Å². The number of likely N-dealkylation sites (tertiary alicyclic amines) is 1. The molecule has 0 radical (unpaired) electrons. The van der Waals surface area contributed by atoms with Crippen molar-refractivity contribution in [2.45, 2.75) is 64.3 Å². The van der Waals surface area contributed by atoms with Crippen molar-refractivity contribution in [2.24, 2.45) is 5.92 Å². The molecule has 140 valence electrons. The van der Waals surface area contributed by atoms with Crippen LogP contribution >= 0.6 is 12.4 Å². The summed E-state index contributed by atoms with van der Waals surface area (Å²) < 4.78 is 0. The van der Waals surface area contributed by atoms with Crippen LogP contribution in [0.4, 0.5) is 0 Å². The Morgan fingerprint density at radius 1 is 1.08 bits per heavy atom. The summed E-state index contributed by atoms with van der Waals surface area (Å²) in [6.45, 7) is 5.20. The maximum Gasteiger partial charge on any atom is 0.222 e. The number of amides is 1. The quantitative estimate of drug-likeness (QED) is 0.704. The van der Waals surface area contributed by atoms with Crippen molar-refractivity contribution in [1.29, 1.82) is 0 Å². The van der Waals surface area contributed by atoms with E-state index in [0.29, 0.717) is 18.4 Å². The molecule has 1 heterocycles. The number of halogens is 1. The normalized spacial score (nSPS) is 18.0. The molecule has 1 N–H and O–H groups in total. The highest BCUT2D eigenvalue weighted by Gasteiger charge is 2.25. The van der Waals surface area contributed by atoms with Crippen molar-refractivity contribution < 1.29 is 4.79 Å². The van der Waals surface area contributed by atoms with E-state index < -0.39 is 0 Å². The monoisotopic (exact) mass is 364 g/mol. The van der Waals surface area contributed by atoms with Gasteiger partial charge in [-0.3, -0.25) is 4.79 Å². The van der Waals surface area contributed by atoms with Gasteiger partial charge in [-0.15, -0.1) is 12.4 Å². The molecule has 4 heteroatoms. The van der Waals surface area contributed by atoms with Crippen molar-refractivity contribution in [3.05, 3.63) is 35.4 Å². The van der Waals surface area contributed by atoms with E-state index in [2.05, 4.69) is 41.4 Å². The lowest BCUT2D eigenvalue weighted by Gasteiger charge is -2.32. The summed E-state index contributed by atoms with van der Waals surface area (Å²) >= 11 is 0. The van der Waals surface area contributed by atoms with E-state index in [4.69, 9.17) is 0 Å². The van der Waals surface area contributed by atoms with Crippen LogP contribution in [0.1, 0.15) is 56.1 Å². The SMILES string of the molecule is Cc1ccc(CCCCC(=O)N2CCC(NCC3CC3)CC2)cc1.Cl. The second-order valence-electron chi connectivity index (χ2n) is 7.70. The lowest BCUT2D eigenvalue weighted by molar-refractivity contribution is -0.132. The summed E-state index contributed by atoms with van der Waals surface area (Å²) in [5.41, 5.74) is 2.69. The van der Waals surface area contributed by atoms with Gasteiger partial charge in [-0.2, -0.15) is 0 Å². The second-order valence-corrected chi connectivity index (χ2v) is 7.70. The van der Waals surface area contributed by atoms with Gasteiger partial charge in [0.25, 0.3) is 0 Å². The average molecular weight is 365 g/mol. The molecular formula is C21H33ClN2O. The minimum Gasteiger partial charge on any atom is -0.343 e. The summed E-state index contributed by atoms with van der Waals surface area (Å²) in [4.78, 5) is 14.4. The zero-order valence-electron chi connectivity index (χ0n) is 15.5. The summed E-state index contributed by atoms with van der Waals surface area (Å²) in [5, 5.41) is 3.68. The Hall–Kier alpha value is -1.06. The first-order valence-electron chi connectivity index (χ1n) is 9.77. The average Bonchev–Trinajstić information content (AvgIpc) is 3.43. The lowest BCUT2D eigenvalue weighted by Crippen LogP contribution is -2.45. The molecule has 2 aliphatic rings. The molecule has 1 aliphatic heterocycles. The van der Waals surface area contributed by atoms with Crippen LogP contribution in [0.15, 0.2) is 24.3 Å². The minimum atomic E-state index is 0.